The van der Waals surface area contributed by atoms with Crippen LogP contribution in [0, 0.1) is 18.7 Å². The van der Waals surface area contributed by atoms with Crippen LogP contribution < -0.4 is 20.1 Å². The molecule has 150 valence electrons. The predicted octanol–water partition coefficient (Wildman–Crippen LogP) is 4.22. The van der Waals surface area contributed by atoms with Crippen LogP contribution in [0.4, 0.5) is 10.1 Å². The second kappa shape index (κ2) is 8.61. The molecule has 2 aromatic carbocycles. The summed E-state index contributed by atoms with van der Waals surface area (Å²) in [6, 6.07) is 10.0. The van der Waals surface area contributed by atoms with Crippen molar-refractivity contribution in [1.29, 1.82) is 0 Å². The third-order valence-electron chi connectivity index (χ3n) is 4.85. The van der Waals surface area contributed by atoms with E-state index in [1.54, 1.807) is 26.0 Å². The van der Waals surface area contributed by atoms with Gasteiger partial charge in [-0.1, -0.05) is 26.0 Å². The topological polar surface area (TPSA) is 59.6 Å². The standard InChI is InChI=1S/C22H27FN2O3/c1-13(2)21(16-6-8-19-20(11-16)28-10-9-27-19)24-15(4)22(26)25-17-7-5-14(3)18(23)12-17/h5-8,11-13,15,21,24H,9-10H2,1-4H3,(H,25,26). The van der Waals surface area contributed by atoms with E-state index < -0.39 is 6.04 Å². The quantitative estimate of drug-likeness (QED) is 0.780. The summed E-state index contributed by atoms with van der Waals surface area (Å²) in [6.07, 6.45) is 0. The summed E-state index contributed by atoms with van der Waals surface area (Å²) < 4.78 is 25.0. The first-order chi connectivity index (χ1) is 13.3. The van der Waals surface area contributed by atoms with Crippen molar-refractivity contribution in [1.82, 2.24) is 5.32 Å². The molecule has 0 aromatic heterocycles. The van der Waals surface area contributed by atoms with Crippen molar-refractivity contribution < 1.29 is 18.7 Å². The smallest absolute Gasteiger partial charge is 0.241 e. The van der Waals surface area contributed by atoms with Gasteiger partial charge in [-0.25, -0.2) is 4.39 Å². The highest BCUT2D eigenvalue weighted by atomic mass is 19.1. The Bertz CT molecular complexity index is 854. The molecule has 1 aliphatic heterocycles. The van der Waals surface area contributed by atoms with E-state index in [4.69, 9.17) is 9.47 Å². The van der Waals surface area contributed by atoms with Crippen molar-refractivity contribution >= 4 is 11.6 Å². The van der Waals surface area contributed by atoms with Crippen molar-refractivity contribution in [2.24, 2.45) is 5.92 Å². The minimum atomic E-state index is -0.468. The van der Waals surface area contributed by atoms with E-state index in [0.29, 0.717) is 24.5 Å². The monoisotopic (exact) mass is 386 g/mol. The molecule has 0 saturated heterocycles. The molecule has 2 aromatic rings. The fraction of sp³-hybridized carbons (Fsp3) is 0.409. The third kappa shape index (κ3) is 4.62. The second-order valence-electron chi connectivity index (χ2n) is 7.47. The number of nitrogens with one attached hydrogen (secondary N) is 2. The molecule has 0 saturated carbocycles. The van der Waals surface area contributed by atoms with E-state index in [-0.39, 0.29) is 23.7 Å². The fourth-order valence-electron chi connectivity index (χ4n) is 3.19. The number of carbonyl (C=O) groups is 1. The van der Waals surface area contributed by atoms with Crippen LogP contribution >= 0.6 is 0 Å². The van der Waals surface area contributed by atoms with Crippen LogP contribution in [0.15, 0.2) is 36.4 Å². The van der Waals surface area contributed by atoms with Gasteiger partial charge >= 0.3 is 0 Å². The number of fused-ring (bicyclic) bond motifs is 1. The minimum absolute atomic E-state index is 0.0497. The van der Waals surface area contributed by atoms with Crippen LogP contribution in [0.1, 0.15) is 37.9 Å². The van der Waals surface area contributed by atoms with Crippen molar-refractivity contribution in [2.45, 2.75) is 39.8 Å². The molecule has 0 radical (unpaired) electrons. The molecule has 1 amide bonds. The van der Waals surface area contributed by atoms with E-state index in [2.05, 4.69) is 24.5 Å². The van der Waals surface area contributed by atoms with Gasteiger partial charge in [-0.2, -0.15) is 0 Å². The molecule has 0 aliphatic carbocycles. The summed E-state index contributed by atoms with van der Waals surface area (Å²) in [5.74, 6) is 1.16. The number of hydrogen-bond donors (Lipinski definition) is 2. The van der Waals surface area contributed by atoms with Gasteiger partial charge in [-0.05, 0) is 55.2 Å². The van der Waals surface area contributed by atoms with Crippen LogP contribution in [0.25, 0.3) is 0 Å². The highest BCUT2D eigenvalue weighted by Gasteiger charge is 2.24. The van der Waals surface area contributed by atoms with Crippen LogP contribution in [0.2, 0.25) is 0 Å². The first-order valence-corrected chi connectivity index (χ1v) is 9.57. The van der Waals surface area contributed by atoms with Gasteiger partial charge in [0.25, 0.3) is 0 Å². The van der Waals surface area contributed by atoms with Crippen LogP contribution in [0.3, 0.4) is 0 Å². The maximum absolute atomic E-state index is 13.7. The van der Waals surface area contributed by atoms with Crippen molar-refractivity contribution in [3.8, 4) is 11.5 Å². The van der Waals surface area contributed by atoms with Crippen molar-refractivity contribution in [3.05, 3.63) is 53.3 Å². The molecule has 1 heterocycles. The molecule has 1 aliphatic rings. The third-order valence-corrected chi connectivity index (χ3v) is 4.85. The number of rotatable bonds is 6. The molecule has 28 heavy (non-hydrogen) atoms. The number of ether oxygens (including phenoxy) is 2. The highest BCUT2D eigenvalue weighted by molar-refractivity contribution is 5.94. The summed E-state index contributed by atoms with van der Waals surface area (Å²) in [6.45, 7) is 8.75. The normalized spacial score (nSPS) is 15.2. The first kappa shape index (κ1) is 20.1. The molecule has 2 atom stereocenters. The lowest BCUT2D eigenvalue weighted by atomic mass is 9.94. The fourth-order valence-corrected chi connectivity index (χ4v) is 3.19. The number of amides is 1. The average Bonchev–Trinajstić information content (AvgIpc) is 2.68. The van der Waals surface area contributed by atoms with Gasteiger partial charge in [0.15, 0.2) is 11.5 Å². The van der Waals surface area contributed by atoms with Gasteiger partial charge < -0.3 is 14.8 Å². The molecular formula is C22H27FN2O3. The Labute approximate surface area is 165 Å². The van der Waals surface area contributed by atoms with Gasteiger partial charge in [-0.3, -0.25) is 10.1 Å². The van der Waals surface area contributed by atoms with Gasteiger partial charge in [0.2, 0.25) is 5.91 Å². The lowest BCUT2D eigenvalue weighted by Crippen LogP contribution is -2.41. The Balaban J connectivity index is 1.71. The summed E-state index contributed by atoms with van der Waals surface area (Å²) in [5.41, 5.74) is 2.02. The molecule has 0 bridgehead atoms. The Morgan fingerprint density at radius 3 is 2.43 bits per heavy atom. The number of hydrogen-bond acceptors (Lipinski definition) is 4. The van der Waals surface area contributed by atoms with Gasteiger partial charge in [0.05, 0.1) is 6.04 Å². The molecule has 0 fully saturated rings. The van der Waals surface area contributed by atoms with Gasteiger partial charge in [-0.15, -0.1) is 0 Å². The number of benzene rings is 2. The van der Waals surface area contributed by atoms with Crippen molar-refractivity contribution in [3.63, 3.8) is 0 Å². The second-order valence-corrected chi connectivity index (χ2v) is 7.47. The molecular weight excluding hydrogens is 359 g/mol. The molecule has 0 spiro atoms. The largest absolute Gasteiger partial charge is 0.486 e. The summed E-state index contributed by atoms with van der Waals surface area (Å²) in [5, 5.41) is 6.15. The molecule has 3 rings (SSSR count). The zero-order chi connectivity index (χ0) is 20.3. The maximum atomic E-state index is 13.7. The first-order valence-electron chi connectivity index (χ1n) is 9.57. The zero-order valence-electron chi connectivity index (χ0n) is 16.7. The van der Waals surface area contributed by atoms with Gasteiger partial charge in [0, 0.05) is 11.7 Å². The Hall–Kier alpha value is -2.60. The van der Waals surface area contributed by atoms with Crippen LogP contribution in [0.5, 0.6) is 11.5 Å². The number of halogens is 1. The number of aryl methyl sites for hydroxylation is 1. The summed E-state index contributed by atoms with van der Waals surface area (Å²) in [7, 11) is 0. The van der Waals surface area contributed by atoms with Crippen LogP contribution in [-0.4, -0.2) is 25.2 Å². The van der Waals surface area contributed by atoms with E-state index in [0.717, 1.165) is 17.1 Å². The summed E-state index contributed by atoms with van der Waals surface area (Å²) >= 11 is 0. The summed E-state index contributed by atoms with van der Waals surface area (Å²) in [4.78, 5) is 12.6. The van der Waals surface area contributed by atoms with E-state index in [1.165, 1.54) is 6.07 Å². The molecule has 6 heteroatoms. The van der Waals surface area contributed by atoms with Crippen molar-refractivity contribution in [2.75, 3.05) is 18.5 Å². The van der Waals surface area contributed by atoms with E-state index in [9.17, 15) is 9.18 Å². The predicted molar refractivity (Wildman–Crippen MR) is 107 cm³/mol. The lowest BCUT2D eigenvalue weighted by Gasteiger charge is -2.28. The SMILES string of the molecule is Cc1ccc(NC(=O)C(C)NC(c2ccc3c(c2)OCCO3)C(C)C)cc1F. The Kier molecular flexibility index (Phi) is 6.19. The minimum Gasteiger partial charge on any atom is -0.486 e. The highest BCUT2D eigenvalue weighted by Crippen LogP contribution is 2.34. The maximum Gasteiger partial charge on any atom is 0.241 e. The number of anilines is 1. The number of carbonyl (C=O) groups excluding carboxylic acids is 1. The average molecular weight is 386 g/mol. The zero-order valence-corrected chi connectivity index (χ0v) is 16.7. The Morgan fingerprint density at radius 2 is 1.75 bits per heavy atom. The van der Waals surface area contributed by atoms with E-state index >= 15 is 0 Å². The molecule has 5 nitrogen and oxygen atoms in total. The molecule has 2 N–H and O–H groups in total. The Morgan fingerprint density at radius 1 is 1.04 bits per heavy atom. The van der Waals surface area contributed by atoms with E-state index in [1.807, 2.05) is 18.2 Å². The molecule has 2 unspecified atom stereocenters. The van der Waals surface area contributed by atoms with Gasteiger partial charge in [0.1, 0.15) is 19.0 Å². The lowest BCUT2D eigenvalue weighted by molar-refractivity contribution is -0.118. The van der Waals surface area contributed by atoms with Crippen LogP contribution in [-0.2, 0) is 4.79 Å².